The number of alkyl halides is 1. The van der Waals surface area contributed by atoms with E-state index in [1.807, 2.05) is 0 Å². The highest BCUT2D eigenvalue weighted by Gasteiger charge is 2.09. The van der Waals surface area contributed by atoms with Crippen molar-refractivity contribution in [1.29, 1.82) is 0 Å². The third kappa shape index (κ3) is 3.74. The predicted molar refractivity (Wildman–Crippen MR) is 72.7 cm³/mol. The van der Waals surface area contributed by atoms with E-state index in [0.717, 1.165) is 13.0 Å². The van der Waals surface area contributed by atoms with Crippen molar-refractivity contribution in [2.24, 2.45) is 0 Å². The summed E-state index contributed by atoms with van der Waals surface area (Å²) in [7, 11) is 1.80. The van der Waals surface area contributed by atoms with Crippen LogP contribution in [0, 0.1) is 20.8 Å². The van der Waals surface area contributed by atoms with Crippen molar-refractivity contribution in [3.8, 4) is 0 Å². The number of nitrogens with zero attached hydrogens (tertiary/aromatic N) is 1. The van der Waals surface area contributed by atoms with Gasteiger partial charge in [-0.3, -0.25) is 4.79 Å². The van der Waals surface area contributed by atoms with Crippen LogP contribution in [-0.4, -0.2) is 30.3 Å². The number of benzene rings is 1. The molecule has 0 aliphatic heterocycles. The normalized spacial score (nSPS) is 10.4. The highest BCUT2D eigenvalue weighted by atomic mass is 35.5. The van der Waals surface area contributed by atoms with Crippen molar-refractivity contribution in [2.75, 3.05) is 19.5 Å². The van der Waals surface area contributed by atoms with Crippen LogP contribution in [0.25, 0.3) is 0 Å². The van der Waals surface area contributed by atoms with Gasteiger partial charge in [-0.25, -0.2) is 0 Å². The molecule has 3 heteroatoms. The average Bonchev–Trinajstić information content (AvgIpc) is 2.26. The van der Waals surface area contributed by atoms with Gasteiger partial charge in [-0.1, -0.05) is 17.7 Å². The standard InChI is InChI=1S/C14H20ClNO/c1-10-7-11(2)13(12(3)8-10)5-6-16(4)14(17)9-15/h7-8H,5-6,9H2,1-4H3. The fraction of sp³-hybridized carbons (Fsp3) is 0.500. The van der Waals surface area contributed by atoms with Crippen molar-refractivity contribution < 1.29 is 4.79 Å². The summed E-state index contributed by atoms with van der Waals surface area (Å²) in [5, 5.41) is 0. The summed E-state index contributed by atoms with van der Waals surface area (Å²) in [6.45, 7) is 7.07. The number of aryl methyl sites for hydroxylation is 3. The fourth-order valence-electron chi connectivity index (χ4n) is 2.11. The third-order valence-corrected chi connectivity index (χ3v) is 3.31. The molecule has 0 heterocycles. The summed E-state index contributed by atoms with van der Waals surface area (Å²) in [6.07, 6.45) is 0.886. The Labute approximate surface area is 109 Å². The molecular weight excluding hydrogens is 234 g/mol. The van der Waals surface area contributed by atoms with E-state index in [2.05, 4.69) is 32.9 Å². The van der Waals surface area contributed by atoms with E-state index < -0.39 is 0 Å². The monoisotopic (exact) mass is 253 g/mol. The van der Waals surface area contributed by atoms with E-state index in [1.54, 1.807) is 11.9 Å². The van der Waals surface area contributed by atoms with Gasteiger partial charge >= 0.3 is 0 Å². The minimum Gasteiger partial charge on any atom is -0.344 e. The fourth-order valence-corrected chi connectivity index (χ4v) is 2.31. The topological polar surface area (TPSA) is 20.3 Å². The van der Waals surface area contributed by atoms with Crippen LogP contribution in [0.1, 0.15) is 22.3 Å². The number of rotatable bonds is 4. The summed E-state index contributed by atoms with van der Waals surface area (Å²) in [5.74, 6) is 0.0385. The zero-order valence-corrected chi connectivity index (χ0v) is 11.8. The van der Waals surface area contributed by atoms with E-state index in [0.29, 0.717) is 0 Å². The summed E-state index contributed by atoms with van der Waals surface area (Å²) < 4.78 is 0. The van der Waals surface area contributed by atoms with Crippen molar-refractivity contribution in [3.05, 3.63) is 34.4 Å². The molecule has 1 aromatic carbocycles. The minimum absolute atomic E-state index is 0.0194. The van der Waals surface area contributed by atoms with Crippen LogP contribution in [0.4, 0.5) is 0 Å². The number of likely N-dealkylation sites (N-methyl/N-ethyl adjacent to an activating group) is 1. The summed E-state index contributed by atoms with van der Waals surface area (Å²) in [4.78, 5) is 13.0. The Morgan fingerprint density at radius 1 is 1.24 bits per heavy atom. The largest absolute Gasteiger partial charge is 0.344 e. The Hall–Kier alpha value is -1.02. The molecule has 94 valence electrons. The van der Waals surface area contributed by atoms with Gasteiger partial charge in [0, 0.05) is 13.6 Å². The molecule has 2 nitrogen and oxygen atoms in total. The molecule has 1 aromatic rings. The maximum Gasteiger partial charge on any atom is 0.237 e. The van der Waals surface area contributed by atoms with E-state index in [-0.39, 0.29) is 11.8 Å². The molecule has 0 fully saturated rings. The van der Waals surface area contributed by atoms with Crippen LogP contribution in [-0.2, 0) is 11.2 Å². The van der Waals surface area contributed by atoms with Gasteiger partial charge in [-0.15, -0.1) is 11.6 Å². The lowest BCUT2D eigenvalue weighted by molar-refractivity contribution is -0.127. The van der Waals surface area contributed by atoms with E-state index in [1.165, 1.54) is 22.3 Å². The number of amides is 1. The van der Waals surface area contributed by atoms with Crippen molar-refractivity contribution >= 4 is 17.5 Å². The number of halogens is 1. The quantitative estimate of drug-likeness (QED) is 0.756. The summed E-state index contributed by atoms with van der Waals surface area (Å²) >= 11 is 5.52. The van der Waals surface area contributed by atoms with Gasteiger partial charge in [0.2, 0.25) is 5.91 Å². The zero-order chi connectivity index (χ0) is 13.0. The van der Waals surface area contributed by atoms with Gasteiger partial charge in [-0.2, -0.15) is 0 Å². The molecule has 0 aromatic heterocycles. The molecule has 0 unspecified atom stereocenters. The molecule has 0 saturated carbocycles. The van der Waals surface area contributed by atoms with Crippen LogP contribution in [0.2, 0.25) is 0 Å². The van der Waals surface area contributed by atoms with Gasteiger partial charge in [-0.05, 0) is 43.9 Å². The minimum atomic E-state index is -0.0194. The Balaban J connectivity index is 2.73. The van der Waals surface area contributed by atoms with Gasteiger partial charge in [0.15, 0.2) is 0 Å². The second kappa shape index (κ2) is 6.06. The number of carbonyl (C=O) groups excluding carboxylic acids is 1. The van der Waals surface area contributed by atoms with E-state index in [9.17, 15) is 4.79 Å². The lowest BCUT2D eigenvalue weighted by Crippen LogP contribution is -2.29. The van der Waals surface area contributed by atoms with Crippen molar-refractivity contribution in [3.63, 3.8) is 0 Å². The molecule has 0 aliphatic carbocycles. The van der Waals surface area contributed by atoms with Crippen molar-refractivity contribution in [2.45, 2.75) is 27.2 Å². The third-order valence-electron chi connectivity index (χ3n) is 3.08. The molecular formula is C14H20ClNO. The van der Waals surface area contributed by atoms with Crippen LogP contribution in [0.15, 0.2) is 12.1 Å². The first kappa shape index (κ1) is 14.0. The molecule has 0 atom stereocenters. The maximum absolute atomic E-state index is 11.4. The van der Waals surface area contributed by atoms with Crippen LogP contribution in [0.5, 0.6) is 0 Å². The Bertz CT molecular complexity index is 392. The number of hydrogen-bond acceptors (Lipinski definition) is 1. The Morgan fingerprint density at radius 3 is 2.24 bits per heavy atom. The molecule has 0 aliphatic rings. The second-order valence-electron chi connectivity index (χ2n) is 4.58. The Kier molecular flexibility index (Phi) is 5.01. The van der Waals surface area contributed by atoms with Crippen molar-refractivity contribution in [1.82, 2.24) is 4.90 Å². The maximum atomic E-state index is 11.4. The second-order valence-corrected chi connectivity index (χ2v) is 4.84. The lowest BCUT2D eigenvalue weighted by Gasteiger charge is -2.18. The molecule has 0 N–H and O–H groups in total. The van der Waals surface area contributed by atoms with Gasteiger partial charge in [0.25, 0.3) is 0 Å². The first-order chi connectivity index (χ1) is 7.95. The summed E-state index contributed by atoms with van der Waals surface area (Å²) in [6, 6.07) is 4.37. The summed E-state index contributed by atoms with van der Waals surface area (Å²) in [5.41, 5.74) is 5.22. The first-order valence-electron chi connectivity index (χ1n) is 5.82. The van der Waals surface area contributed by atoms with Gasteiger partial charge in [0.1, 0.15) is 5.88 Å². The molecule has 0 radical (unpaired) electrons. The highest BCUT2D eigenvalue weighted by molar-refractivity contribution is 6.27. The lowest BCUT2D eigenvalue weighted by atomic mass is 9.97. The number of hydrogen-bond donors (Lipinski definition) is 0. The molecule has 1 rings (SSSR count). The molecule has 17 heavy (non-hydrogen) atoms. The molecule has 0 bridgehead atoms. The smallest absolute Gasteiger partial charge is 0.237 e. The van der Waals surface area contributed by atoms with Gasteiger partial charge in [0.05, 0.1) is 0 Å². The predicted octanol–water partition coefficient (Wildman–Crippen LogP) is 2.85. The Morgan fingerprint density at radius 2 is 1.76 bits per heavy atom. The van der Waals surface area contributed by atoms with Crippen LogP contribution in [0.3, 0.4) is 0 Å². The molecule has 1 amide bonds. The first-order valence-corrected chi connectivity index (χ1v) is 6.35. The van der Waals surface area contributed by atoms with Gasteiger partial charge < -0.3 is 4.90 Å². The van der Waals surface area contributed by atoms with E-state index in [4.69, 9.17) is 11.6 Å². The zero-order valence-electron chi connectivity index (χ0n) is 11.0. The highest BCUT2D eigenvalue weighted by Crippen LogP contribution is 2.17. The molecule has 0 spiro atoms. The number of carbonyl (C=O) groups is 1. The SMILES string of the molecule is Cc1cc(C)c(CCN(C)C(=O)CCl)c(C)c1. The van der Waals surface area contributed by atoms with Crippen LogP contribution < -0.4 is 0 Å². The molecule has 0 saturated heterocycles. The average molecular weight is 254 g/mol. The van der Waals surface area contributed by atoms with E-state index >= 15 is 0 Å². The van der Waals surface area contributed by atoms with Crippen LogP contribution >= 0.6 is 11.6 Å².